The predicted octanol–water partition coefficient (Wildman–Crippen LogP) is 5.18. The lowest BCUT2D eigenvalue weighted by Gasteiger charge is -2.19. The van der Waals surface area contributed by atoms with E-state index in [9.17, 15) is 15.0 Å². The van der Waals surface area contributed by atoms with Crippen molar-refractivity contribution in [2.24, 2.45) is 0 Å². The summed E-state index contributed by atoms with van der Waals surface area (Å²) in [5, 5.41) is 25.8. The van der Waals surface area contributed by atoms with E-state index in [2.05, 4.69) is 5.10 Å². The zero-order chi connectivity index (χ0) is 22.8. The molecular formula is C25H22ClN3O3. The molecule has 0 fully saturated rings. The number of nitrogens with zero attached hydrogens (tertiary/aromatic N) is 3. The van der Waals surface area contributed by atoms with E-state index >= 15 is 0 Å². The Morgan fingerprint density at radius 1 is 1.03 bits per heavy atom. The normalized spacial score (nSPS) is 10.8. The highest BCUT2D eigenvalue weighted by Gasteiger charge is 2.22. The average Bonchev–Trinajstić information content (AvgIpc) is 3.23. The van der Waals surface area contributed by atoms with E-state index in [0.717, 1.165) is 11.1 Å². The quantitative estimate of drug-likeness (QED) is 0.441. The first-order valence-electron chi connectivity index (χ1n) is 10.0. The Balaban J connectivity index is 1.71. The number of hydrogen-bond acceptors (Lipinski definition) is 4. The zero-order valence-corrected chi connectivity index (χ0v) is 18.4. The second-order valence-electron chi connectivity index (χ2n) is 7.62. The first kappa shape index (κ1) is 21.5. The van der Waals surface area contributed by atoms with Crippen LogP contribution >= 0.6 is 11.6 Å². The van der Waals surface area contributed by atoms with Crippen LogP contribution in [0.2, 0.25) is 5.02 Å². The number of rotatable bonds is 5. The number of amides is 1. The number of halogens is 1. The topological polar surface area (TPSA) is 78.6 Å². The molecule has 1 aromatic heterocycles. The van der Waals surface area contributed by atoms with Crippen molar-refractivity contribution in [3.63, 3.8) is 0 Å². The number of aryl methyl sites for hydroxylation is 1. The predicted molar refractivity (Wildman–Crippen MR) is 124 cm³/mol. The highest BCUT2D eigenvalue weighted by Crippen LogP contribution is 2.37. The molecule has 1 heterocycles. The van der Waals surface area contributed by atoms with E-state index in [4.69, 9.17) is 11.6 Å². The van der Waals surface area contributed by atoms with Crippen molar-refractivity contribution in [1.29, 1.82) is 0 Å². The molecule has 0 radical (unpaired) electrons. The first-order chi connectivity index (χ1) is 15.3. The van der Waals surface area contributed by atoms with Crippen LogP contribution in [0.3, 0.4) is 0 Å². The fraction of sp³-hybridized carbons (Fsp3) is 0.120. The zero-order valence-electron chi connectivity index (χ0n) is 17.7. The number of carbonyl (C=O) groups excluding carboxylic acids is 1. The number of benzene rings is 3. The highest BCUT2D eigenvalue weighted by molar-refractivity contribution is 6.32. The average molecular weight is 448 g/mol. The van der Waals surface area contributed by atoms with Crippen LogP contribution in [-0.2, 0) is 6.54 Å². The summed E-state index contributed by atoms with van der Waals surface area (Å²) in [6.07, 6.45) is 1.58. The minimum Gasteiger partial charge on any atom is -0.507 e. The van der Waals surface area contributed by atoms with Gasteiger partial charge < -0.3 is 15.1 Å². The number of aromatic hydroxyl groups is 2. The molecule has 32 heavy (non-hydrogen) atoms. The van der Waals surface area contributed by atoms with E-state index in [0.29, 0.717) is 28.5 Å². The molecule has 0 saturated carbocycles. The number of hydrogen-bond donors (Lipinski definition) is 2. The number of phenolic OH excluding ortho intramolecular Hbond substituents is 2. The van der Waals surface area contributed by atoms with Gasteiger partial charge in [0.15, 0.2) is 0 Å². The van der Waals surface area contributed by atoms with Gasteiger partial charge in [0.05, 0.1) is 28.2 Å². The standard InChI is InChI=1S/C25H22ClN3O3/c1-16-6-5-7-17(12-16)15-28(2)25(32)19-13-18(23(30)14-24(19)31)21-10-11-27-29(21)22-9-4-3-8-20(22)26/h3-14,30-31H,15H2,1-2H3. The highest BCUT2D eigenvalue weighted by atomic mass is 35.5. The van der Waals surface area contributed by atoms with Crippen molar-refractivity contribution in [2.75, 3.05) is 7.05 Å². The Morgan fingerprint density at radius 3 is 2.56 bits per heavy atom. The number of phenols is 2. The van der Waals surface area contributed by atoms with Gasteiger partial charge in [-0.2, -0.15) is 5.10 Å². The van der Waals surface area contributed by atoms with Crippen LogP contribution < -0.4 is 0 Å². The summed E-state index contributed by atoms with van der Waals surface area (Å²) in [4.78, 5) is 14.7. The van der Waals surface area contributed by atoms with E-state index in [1.807, 2.05) is 43.3 Å². The maximum Gasteiger partial charge on any atom is 0.257 e. The van der Waals surface area contributed by atoms with Crippen molar-refractivity contribution < 1.29 is 15.0 Å². The van der Waals surface area contributed by atoms with Crippen molar-refractivity contribution in [1.82, 2.24) is 14.7 Å². The van der Waals surface area contributed by atoms with Crippen LogP contribution in [0.4, 0.5) is 0 Å². The Morgan fingerprint density at radius 2 is 1.81 bits per heavy atom. The molecule has 0 saturated heterocycles. The van der Waals surface area contributed by atoms with Gasteiger partial charge in [0.1, 0.15) is 11.5 Å². The molecule has 0 aliphatic rings. The summed E-state index contributed by atoms with van der Waals surface area (Å²) in [7, 11) is 1.67. The van der Waals surface area contributed by atoms with Crippen LogP contribution in [0.1, 0.15) is 21.5 Å². The maximum atomic E-state index is 13.1. The molecule has 0 bridgehead atoms. The Hall–Kier alpha value is -3.77. The van der Waals surface area contributed by atoms with Gasteiger partial charge in [0.25, 0.3) is 5.91 Å². The molecule has 2 N–H and O–H groups in total. The van der Waals surface area contributed by atoms with E-state index in [-0.39, 0.29) is 23.0 Å². The lowest BCUT2D eigenvalue weighted by molar-refractivity contribution is 0.0782. The second-order valence-corrected chi connectivity index (χ2v) is 8.02. The third kappa shape index (κ3) is 4.18. The lowest BCUT2D eigenvalue weighted by Crippen LogP contribution is -2.26. The molecule has 3 aromatic carbocycles. The van der Waals surface area contributed by atoms with Crippen LogP contribution in [0.25, 0.3) is 16.9 Å². The molecule has 4 aromatic rings. The largest absolute Gasteiger partial charge is 0.507 e. The SMILES string of the molecule is Cc1cccc(CN(C)C(=O)c2cc(-c3ccnn3-c3ccccc3Cl)c(O)cc2O)c1. The van der Waals surface area contributed by atoms with E-state index in [1.165, 1.54) is 17.0 Å². The third-order valence-electron chi connectivity index (χ3n) is 5.19. The fourth-order valence-electron chi connectivity index (χ4n) is 3.64. The molecule has 0 aliphatic heterocycles. The molecule has 0 spiro atoms. The summed E-state index contributed by atoms with van der Waals surface area (Å²) in [5.74, 6) is -0.834. The number of para-hydroxylation sites is 1. The Labute approximate surface area is 190 Å². The fourth-order valence-corrected chi connectivity index (χ4v) is 3.85. The smallest absolute Gasteiger partial charge is 0.257 e. The van der Waals surface area contributed by atoms with Crippen LogP contribution in [-0.4, -0.2) is 37.8 Å². The molecule has 0 unspecified atom stereocenters. The minimum atomic E-state index is -0.367. The van der Waals surface area contributed by atoms with Gasteiger partial charge in [-0.1, -0.05) is 53.6 Å². The van der Waals surface area contributed by atoms with Crippen LogP contribution in [0, 0.1) is 6.92 Å². The van der Waals surface area contributed by atoms with Crippen molar-refractivity contribution in [2.45, 2.75) is 13.5 Å². The summed E-state index contributed by atoms with van der Waals surface area (Å²) in [5.41, 5.74) is 3.69. The first-order valence-corrected chi connectivity index (χ1v) is 10.4. The summed E-state index contributed by atoms with van der Waals surface area (Å²) in [6.45, 7) is 2.37. The van der Waals surface area contributed by atoms with Crippen LogP contribution in [0.5, 0.6) is 11.5 Å². The molecule has 7 heteroatoms. The van der Waals surface area contributed by atoms with Gasteiger partial charge in [-0.25, -0.2) is 4.68 Å². The van der Waals surface area contributed by atoms with Gasteiger partial charge in [0, 0.05) is 25.2 Å². The molecule has 6 nitrogen and oxygen atoms in total. The van der Waals surface area contributed by atoms with Crippen LogP contribution in [0.15, 0.2) is 72.9 Å². The lowest BCUT2D eigenvalue weighted by atomic mass is 10.0. The molecule has 162 valence electrons. The summed E-state index contributed by atoms with van der Waals surface area (Å²) < 4.78 is 1.58. The molecular weight excluding hydrogens is 426 g/mol. The number of carbonyl (C=O) groups is 1. The molecule has 0 aliphatic carbocycles. The van der Waals surface area contributed by atoms with Gasteiger partial charge in [0.2, 0.25) is 0 Å². The maximum absolute atomic E-state index is 13.1. The van der Waals surface area contributed by atoms with Crippen molar-refractivity contribution >= 4 is 17.5 Å². The third-order valence-corrected chi connectivity index (χ3v) is 5.51. The Bertz CT molecular complexity index is 1300. The Kier molecular flexibility index (Phi) is 5.88. The van der Waals surface area contributed by atoms with Gasteiger partial charge in [-0.3, -0.25) is 4.79 Å². The summed E-state index contributed by atoms with van der Waals surface area (Å²) >= 11 is 6.33. The van der Waals surface area contributed by atoms with Crippen molar-refractivity contribution in [3.05, 3.63) is 94.6 Å². The second kappa shape index (κ2) is 8.77. The van der Waals surface area contributed by atoms with E-state index in [1.54, 1.807) is 36.1 Å². The summed E-state index contributed by atoms with van der Waals surface area (Å²) in [6, 6.07) is 19.4. The minimum absolute atomic E-state index is 0.0832. The molecule has 1 amide bonds. The monoisotopic (exact) mass is 447 g/mol. The van der Waals surface area contributed by atoms with Gasteiger partial charge >= 0.3 is 0 Å². The van der Waals surface area contributed by atoms with Crippen molar-refractivity contribution in [3.8, 4) is 28.4 Å². The number of aromatic nitrogens is 2. The molecule has 0 atom stereocenters. The van der Waals surface area contributed by atoms with E-state index < -0.39 is 0 Å². The van der Waals surface area contributed by atoms with Gasteiger partial charge in [-0.15, -0.1) is 0 Å². The van der Waals surface area contributed by atoms with Gasteiger partial charge in [-0.05, 0) is 36.8 Å². The molecule has 4 rings (SSSR count).